The first-order chi connectivity index (χ1) is 25.1. The van der Waals surface area contributed by atoms with Gasteiger partial charge >= 0.3 is 0 Å². The number of primary sulfonamides is 1. The van der Waals surface area contributed by atoms with Crippen LogP contribution in [0.25, 0.3) is 6.08 Å². The third kappa shape index (κ3) is 9.76. The lowest BCUT2D eigenvalue weighted by Gasteiger charge is -2.13. The molecule has 0 atom stereocenters. The number of hydrogen-bond acceptors (Lipinski definition) is 10. The molecule has 15 heteroatoms. The van der Waals surface area contributed by atoms with Crippen LogP contribution >= 0.6 is 23.4 Å². The zero-order valence-electron chi connectivity index (χ0n) is 27.2. The molecule has 1 saturated heterocycles. The zero-order chi connectivity index (χ0) is 36.5. The molecule has 2 heterocycles. The van der Waals surface area contributed by atoms with Crippen molar-refractivity contribution in [2.24, 2.45) is 15.3 Å². The molecular formula is C37H30ClN5O7S2. The van der Waals surface area contributed by atoms with Gasteiger partial charge in [0.2, 0.25) is 10.0 Å². The third-order valence-electron chi connectivity index (χ3n) is 7.32. The molecular weight excluding hydrogens is 726 g/mol. The fourth-order valence-corrected chi connectivity index (χ4v) is 6.45. The number of benzene rings is 4. The number of nitrogens with zero attached hydrogens (tertiary/aromatic N) is 3. The molecule has 1 aliphatic heterocycles. The molecule has 0 saturated carbocycles. The van der Waals surface area contributed by atoms with E-state index in [0.29, 0.717) is 50.2 Å². The molecule has 6 rings (SSSR count). The average Bonchev–Trinajstić information content (AvgIpc) is 3.75. The molecule has 2 amide bonds. The maximum absolute atomic E-state index is 13.7. The van der Waals surface area contributed by atoms with E-state index in [4.69, 9.17) is 30.6 Å². The van der Waals surface area contributed by atoms with Crippen molar-refractivity contribution in [2.75, 3.05) is 11.9 Å². The number of nitrogens with two attached hydrogens (primary N) is 1. The maximum atomic E-state index is 13.7. The lowest BCUT2D eigenvalue weighted by Crippen LogP contribution is -2.28. The molecule has 12 nitrogen and oxygen atoms in total. The number of sulfonamides is 1. The first-order valence-electron chi connectivity index (χ1n) is 15.6. The van der Waals surface area contributed by atoms with E-state index in [-0.39, 0.29) is 24.0 Å². The lowest BCUT2D eigenvalue weighted by molar-refractivity contribution is -0.122. The van der Waals surface area contributed by atoms with Gasteiger partial charge in [0.1, 0.15) is 23.9 Å². The van der Waals surface area contributed by atoms with Gasteiger partial charge in [-0.15, -0.1) is 5.10 Å². The van der Waals surface area contributed by atoms with Gasteiger partial charge in [0.25, 0.3) is 11.8 Å². The van der Waals surface area contributed by atoms with Crippen LogP contribution in [0.2, 0.25) is 5.02 Å². The SMILES string of the molecule is NS(=O)(=O)c1ccc(NC(=O)COc2ccc(Cl)cc2/C=C2\S/C(=N\N=C\c3cccc(OCc4ccccc4)c3)N(Cc3ccco3)C2=O)cc1. The molecule has 3 N–H and O–H groups in total. The van der Waals surface area contributed by atoms with Gasteiger partial charge in [-0.25, -0.2) is 13.6 Å². The number of nitrogens with one attached hydrogen (secondary N) is 1. The number of hydrogen-bond donors (Lipinski definition) is 2. The summed E-state index contributed by atoms with van der Waals surface area (Å²) in [5.41, 5.74) is 2.60. The average molecular weight is 756 g/mol. The Labute approximate surface area is 308 Å². The minimum absolute atomic E-state index is 0.0855. The minimum Gasteiger partial charge on any atom is -0.489 e. The predicted molar refractivity (Wildman–Crippen MR) is 200 cm³/mol. The Balaban J connectivity index is 1.17. The normalized spacial score (nSPS) is 14.7. The van der Waals surface area contributed by atoms with E-state index in [2.05, 4.69) is 15.5 Å². The molecule has 52 heavy (non-hydrogen) atoms. The van der Waals surface area contributed by atoms with Crippen LogP contribution in [-0.2, 0) is 32.8 Å². The van der Waals surface area contributed by atoms with Crippen LogP contribution in [-0.4, -0.2) is 43.1 Å². The van der Waals surface area contributed by atoms with Crippen molar-refractivity contribution in [3.8, 4) is 11.5 Å². The van der Waals surface area contributed by atoms with Crippen LogP contribution in [0.4, 0.5) is 5.69 Å². The number of amides is 2. The number of ether oxygens (including phenoxy) is 2. The second kappa shape index (κ2) is 16.6. The summed E-state index contributed by atoms with van der Waals surface area (Å²) in [6, 6.07) is 30.9. The number of anilines is 1. The van der Waals surface area contributed by atoms with E-state index in [0.717, 1.165) is 22.9 Å². The summed E-state index contributed by atoms with van der Waals surface area (Å²) in [4.78, 5) is 28.1. The van der Waals surface area contributed by atoms with Gasteiger partial charge in [0.15, 0.2) is 11.8 Å². The molecule has 0 unspecified atom stereocenters. The highest BCUT2D eigenvalue weighted by atomic mass is 35.5. The summed E-state index contributed by atoms with van der Waals surface area (Å²) in [6.45, 7) is 0.150. The summed E-state index contributed by atoms with van der Waals surface area (Å²) in [5, 5.41) is 17.1. The number of carbonyl (C=O) groups excluding carboxylic acids is 2. The van der Waals surface area contributed by atoms with Crippen LogP contribution in [0.3, 0.4) is 0 Å². The van der Waals surface area contributed by atoms with E-state index in [1.165, 1.54) is 35.4 Å². The number of rotatable bonds is 13. The summed E-state index contributed by atoms with van der Waals surface area (Å²) < 4.78 is 40.3. The van der Waals surface area contributed by atoms with E-state index in [9.17, 15) is 18.0 Å². The molecule has 4 aromatic carbocycles. The van der Waals surface area contributed by atoms with Crippen molar-refractivity contribution in [2.45, 2.75) is 18.0 Å². The molecule has 1 fully saturated rings. The molecule has 0 spiro atoms. The quantitative estimate of drug-likeness (QED) is 0.0763. The van der Waals surface area contributed by atoms with E-state index in [1.54, 1.807) is 42.6 Å². The van der Waals surface area contributed by atoms with Crippen LogP contribution in [0.15, 0.2) is 140 Å². The standard InChI is InChI=1S/C37H30ClN5O7S2/c38-28-11-16-33(50-24-35(44)41-29-12-14-32(15-13-29)52(39,46)47)27(19-28)20-34-36(45)43(22-31-10-5-17-48-31)37(51-34)42-40-21-26-8-4-9-30(18-26)49-23-25-6-2-1-3-7-25/h1-21H,22-24H2,(H,41,44)(H2,39,46,47)/b34-20-,40-21+,42-37-. The number of amidine groups is 1. The first kappa shape index (κ1) is 36.1. The number of halogens is 1. The molecule has 264 valence electrons. The lowest BCUT2D eigenvalue weighted by atomic mass is 10.2. The third-order valence-corrected chi connectivity index (χ3v) is 9.48. The van der Waals surface area contributed by atoms with Gasteiger partial charge in [-0.3, -0.25) is 14.5 Å². The van der Waals surface area contributed by atoms with Gasteiger partial charge in [-0.05, 0) is 95.7 Å². The Morgan fingerprint density at radius 2 is 1.77 bits per heavy atom. The summed E-state index contributed by atoms with van der Waals surface area (Å²) in [7, 11) is -3.87. The number of thioether (sulfide) groups is 1. The van der Waals surface area contributed by atoms with Gasteiger partial charge in [0.05, 0.1) is 28.8 Å². The zero-order valence-corrected chi connectivity index (χ0v) is 29.6. The topological polar surface area (TPSA) is 166 Å². The van der Waals surface area contributed by atoms with E-state index < -0.39 is 15.9 Å². The highest BCUT2D eigenvalue weighted by Gasteiger charge is 2.34. The summed E-state index contributed by atoms with van der Waals surface area (Å²) in [6.07, 6.45) is 4.70. The van der Waals surface area contributed by atoms with Crippen LogP contribution in [0, 0.1) is 0 Å². The largest absolute Gasteiger partial charge is 0.489 e. The van der Waals surface area contributed by atoms with E-state index in [1.807, 2.05) is 54.6 Å². The summed E-state index contributed by atoms with van der Waals surface area (Å²) >= 11 is 7.42. The van der Waals surface area contributed by atoms with Crippen molar-refractivity contribution >= 4 is 68.3 Å². The fourth-order valence-electron chi connectivity index (χ4n) is 4.82. The Bertz CT molecular complexity index is 2260. The Morgan fingerprint density at radius 1 is 0.962 bits per heavy atom. The second-order valence-electron chi connectivity index (χ2n) is 11.1. The maximum Gasteiger partial charge on any atom is 0.267 e. The molecule has 1 aromatic heterocycles. The van der Waals surface area contributed by atoms with Crippen molar-refractivity contribution in [1.29, 1.82) is 0 Å². The number of furan rings is 1. The van der Waals surface area contributed by atoms with Crippen molar-refractivity contribution in [1.82, 2.24) is 4.90 Å². The molecule has 0 aliphatic carbocycles. The Morgan fingerprint density at radius 3 is 2.52 bits per heavy atom. The number of carbonyl (C=O) groups is 2. The smallest absolute Gasteiger partial charge is 0.267 e. The highest BCUT2D eigenvalue weighted by molar-refractivity contribution is 8.18. The molecule has 1 aliphatic rings. The predicted octanol–water partition coefficient (Wildman–Crippen LogP) is 6.68. The molecule has 0 bridgehead atoms. The fraction of sp³-hybridized carbons (Fsp3) is 0.0811. The molecule has 5 aromatic rings. The molecule has 0 radical (unpaired) electrons. The van der Waals surface area contributed by atoms with Crippen LogP contribution < -0.4 is 19.9 Å². The highest BCUT2D eigenvalue weighted by Crippen LogP contribution is 2.36. The van der Waals surface area contributed by atoms with Crippen LogP contribution in [0.1, 0.15) is 22.5 Å². The monoisotopic (exact) mass is 755 g/mol. The van der Waals surface area contributed by atoms with Crippen LogP contribution in [0.5, 0.6) is 11.5 Å². The Kier molecular flexibility index (Phi) is 11.5. The summed E-state index contributed by atoms with van der Waals surface area (Å²) in [5.74, 6) is 0.658. The van der Waals surface area contributed by atoms with E-state index >= 15 is 0 Å². The minimum atomic E-state index is -3.87. The van der Waals surface area contributed by atoms with Crippen molar-refractivity contribution in [3.63, 3.8) is 0 Å². The van der Waals surface area contributed by atoms with Gasteiger partial charge in [0, 0.05) is 16.3 Å². The van der Waals surface area contributed by atoms with Gasteiger partial charge < -0.3 is 19.2 Å². The Hall–Kier alpha value is -5.67. The van der Waals surface area contributed by atoms with Gasteiger partial charge in [-0.2, -0.15) is 5.10 Å². The van der Waals surface area contributed by atoms with Crippen molar-refractivity contribution in [3.05, 3.63) is 148 Å². The van der Waals surface area contributed by atoms with Gasteiger partial charge in [-0.1, -0.05) is 54.1 Å². The van der Waals surface area contributed by atoms with Crippen molar-refractivity contribution < 1.29 is 31.9 Å². The second-order valence-corrected chi connectivity index (χ2v) is 14.2. The first-order valence-corrected chi connectivity index (χ1v) is 18.3.